The number of rotatable bonds is 4. The van der Waals surface area contributed by atoms with Crippen molar-refractivity contribution in [2.45, 2.75) is 24.1 Å². The summed E-state index contributed by atoms with van der Waals surface area (Å²) in [6.07, 6.45) is 1.61. The van der Waals surface area contributed by atoms with Crippen molar-refractivity contribution < 1.29 is 17.6 Å². The van der Waals surface area contributed by atoms with Crippen LogP contribution in [0.25, 0.3) is 0 Å². The second-order valence-corrected chi connectivity index (χ2v) is 8.62. The molecule has 1 aromatic rings. The number of carbonyl (C=O) groups excluding carboxylic acids is 1. The molecule has 22 heavy (non-hydrogen) atoms. The van der Waals surface area contributed by atoms with Crippen LogP contribution in [-0.2, 0) is 21.2 Å². The Labute approximate surface area is 137 Å². The van der Waals surface area contributed by atoms with E-state index in [-0.39, 0.29) is 25.2 Å². The highest BCUT2D eigenvalue weighted by atomic mass is 79.9. The molecule has 8 heteroatoms. The molecule has 0 saturated carbocycles. The molecule has 0 bridgehead atoms. The predicted octanol–water partition coefficient (Wildman–Crippen LogP) is 1.37. The Morgan fingerprint density at radius 1 is 1.41 bits per heavy atom. The van der Waals surface area contributed by atoms with Gasteiger partial charge in [0, 0.05) is 17.3 Å². The molecule has 1 amide bonds. The molecule has 2 N–H and O–H groups in total. The quantitative estimate of drug-likeness (QED) is 0.811. The van der Waals surface area contributed by atoms with Gasteiger partial charge in [-0.1, -0.05) is 22.0 Å². The average Bonchev–Trinajstić information content (AvgIpc) is 2.45. The van der Waals surface area contributed by atoms with E-state index in [9.17, 15) is 17.6 Å². The van der Waals surface area contributed by atoms with Crippen LogP contribution in [0.1, 0.15) is 18.4 Å². The molecule has 0 aliphatic carbocycles. The molecular weight excluding hydrogens is 375 g/mol. The monoisotopic (exact) mass is 392 g/mol. The van der Waals surface area contributed by atoms with E-state index in [0.717, 1.165) is 6.26 Å². The van der Waals surface area contributed by atoms with Crippen molar-refractivity contribution in [3.8, 4) is 0 Å². The number of amides is 1. The van der Waals surface area contributed by atoms with E-state index in [1.165, 1.54) is 12.1 Å². The van der Waals surface area contributed by atoms with Crippen LogP contribution >= 0.6 is 15.9 Å². The van der Waals surface area contributed by atoms with Gasteiger partial charge in [0.05, 0.1) is 0 Å². The summed E-state index contributed by atoms with van der Waals surface area (Å²) in [6, 6.07) is 4.15. The molecule has 1 saturated heterocycles. The fourth-order valence-electron chi connectivity index (χ4n) is 2.60. The van der Waals surface area contributed by atoms with Crippen LogP contribution in [-0.4, -0.2) is 38.4 Å². The summed E-state index contributed by atoms with van der Waals surface area (Å²) in [4.78, 5) is 12.5. The third kappa shape index (κ3) is 3.49. The number of benzene rings is 1. The first kappa shape index (κ1) is 17.4. The van der Waals surface area contributed by atoms with Gasteiger partial charge in [0.2, 0.25) is 5.91 Å². The molecule has 122 valence electrons. The Balaban J connectivity index is 2.15. The largest absolute Gasteiger partial charge is 0.351 e. The fourth-order valence-corrected chi connectivity index (χ4v) is 4.44. The third-order valence-electron chi connectivity index (χ3n) is 3.99. The van der Waals surface area contributed by atoms with E-state index in [1.54, 1.807) is 6.07 Å². The minimum atomic E-state index is -3.53. The van der Waals surface area contributed by atoms with Crippen molar-refractivity contribution in [3.63, 3.8) is 0 Å². The standard InChI is InChI=1S/C14H18BrFN2O3S/c1-22(20,21)14(4-6-17-7-5-14)13(19)18-9-10-2-3-11(16)8-12(10)15/h2-3,8,17H,4-7,9H2,1H3,(H,18,19). The molecule has 0 unspecified atom stereocenters. The lowest BCUT2D eigenvalue weighted by molar-refractivity contribution is -0.124. The van der Waals surface area contributed by atoms with Crippen LogP contribution < -0.4 is 10.6 Å². The number of hydrogen-bond donors (Lipinski definition) is 2. The Kier molecular flexibility index (Phi) is 5.24. The van der Waals surface area contributed by atoms with Crippen LogP contribution in [0.4, 0.5) is 4.39 Å². The maximum atomic E-state index is 13.1. The highest BCUT2D eigenvalue weighted by Crippen LogP contribution is 2.28. The number of carbonyl (C=O) groups is 1. The zero-order chi connectivity index (χ0) is 16.4. The lowest BCUT2D eigenvalue weighted by Crippen LogP contribution is -2.57. The maximum absolute atomic E-state index is 13.1. The molecule has 5 nitrogen and oxygen atoms in total. The number of sulfone groups is 1. The summed E-state index contributed by atoms with van der Waals surface area (Å²) in [5, 5.41) is 5.74. The number of hydrogen-bond acceptors (Lipinski definition) is 4. The van der Waals surface area contributed by atoms with Gasteiger partial charge in [-0.2, -0.15) is 0 Å². The number of halogens is 2. The minimum absolute atomic E-state index is 0.143. The smallest absolute Gasteiger partial charge is 0.241 e. The highest BCUT2D eigenvalue weighted by molar-refractivity contribution is 9.10. The van der Waals surface area contributed by atoms with Crippen molar-refractivity contribution in [1.29, 1.82) is 0 Å². The van der Waals surface area contributed by atoms with E-state index >= 15 is 0 Å². The first-order valence-electron chi connectivity index (χ1n) is 6.89. The van der Waals surface area contributed by atoms with E-state index in [2.05, 4.69) is 26.6 Å². The van der Waals surface area contributed by atoms with Crippen LogP contribution in [0.2, 0.25) is 0 Å². The van der Waals surface area contributed by atoms with Crippen molar-refractivity contribution in [2.75, 3.05) is 19.3 Å². The van der Waals surface area contributed by atoms with Gasteiger partial charge in [-0.3, -0.25) is 4.79 Å². The lowest BCUT2D eigenvalue weighted by atomic mass is 9.95. The first-order valence-corrected chi connectivity index (χ1v) is 9.57. The van der Waals surface area contributed by atoms with Gasteiger partial charge in [0.1, 0.15) is 5.82 Å². The van der Waals surface area contributed by atoms with Crippen LogP contribution in [0.5, 0.6) is 0 Å². The van der Waals surface area contributed by atoms with E-state index in [1.807, 2.05) is 0 Å². The van der Waals surface area contributed by atoms with Crippen molar-refractivity contribution in [1.82, 2.24) is 10.6 Å². The lowest BCUT2D eigenvalue weighted by Gasteiger charge is -2.34. The molecule has 1 heterocycles. The summed E-state index contributed by atoms with van der Waals surface area (Å²) in [5.74, 6) is -0.874. The summed E-state index contributed by atoms with van der Waals surface area (Å²) in [5.41, 5.74) is 0.687. The first-order chi connectivity index (χ1) is 10.3. The zero-order valence-corrected chi connectivity index (χ0v) is 14.6. The minimum Gasteiger partial charge on any atom is -0.351 e. The fraction of sp³-hybridized carbons (Fsp3) is 0.500. The zero-order valence-electron chi connectivity index (χ0n) is 12.2. The van der Waals surface area contributed by atoms with Crippen LogP contribution in [0.15, 0.2) is 22.7 Å². The third-order valence-corrected chi connectivity index (χ3v) is 6.74. The van der Waals surface area contributed by atoms with Gasteiger partial charge >= 0.3 is 0 Å². The topological polar surface area (TPSA) is 75.3 Å². The summed E-state index contributed by atoms with van der Waals surface area (Å²) in [7, 11) is -3.53. The predicted molar refractivity (Wildman–Crippen MR) is 85.6 cm³/mol. The number of piperidine rings is 1. The van der Waals surface area contributed by atoms with Gasteiger partial charge in [-0.25, -0.2) is 12.8 Å². The van der Waals surface area contributed by atoms with Gasteiger partial charge in [-0.05, 0) is 43.6 Å². The molecule has 1 aliphatic rings. The van der Waals surface area contributed by atoms with Gasteiger partial charge in [-0.15, -0.1) is 0 Å². The van der Waals surface area contributed by atoms with Gasteiger partial charge in [0.15, 0.2) is 14.6 Å². The molecule has 0 radical (unpaired) electrons. The molecule has 1 aliphatic heterocycles. The Morgan fingerprint density at radius 3 is 2.59 bits per heavy atom. The molecule has 0 atom stereocenters. The van der Waals surface area contributed by atoms with Crippen molar-refractivity contribution in [2.24, 2.45) is 0 Å². The van der Waals surface area contributed by atoms with Crippen LogP contribution in [0, 0.1) is 5.82 Å². The second-order valence-electron chi connectivity index (χ2n) is 5.43. The Morgan fingerprint density at radius 2 is 2.05 bits per heavy atom. The molecular formula is C14H18BrFN2O3S. The van der Waals surface area contributed by atoms with Crippen molar-refractivity contribution in [3.05, 3.63) is 34.1 Å². The van der Waals surface area contributed by atoms with E-state index < -0.39 is 20.5 Å². The molecule has 2 rings (SSSR count). The molecule has 0 aromatic heterocycles. The van der Waals surface area contributed by atoms with Crippen LogP contribution in [0.3, 0.4) is 0 Å². The average molecular weight is 393 g/mol. The summed E-state index contributed by atoms with van der Waals surface area (Å²) >= 11 is 3.23. The summed E-state index contributed by atoms with van der Waals surface area (Å²) < 4.78 is 36.5. The van der Waals surface area contributed by atoms with Gasteiger partial charge < -0.3 is 10.6 Å². The Hall–Kier alpha value is -0.990. The molecule has 1 fully saturated rings. The Bertz CT molecular complexity index is 673. The number of nitrogens with one attached hydrogen (secondary N) is 2. The summed E-state index contributed by atoms with van der Waals surface area (Å²) in [6.45, 7) is 1.12. The molecule has 0 spiro atoms. The second kappa shape index (κ2) is 6.64. The van der Waals surface area contributed by atoms with E-state index in [0.29, 0.717) is 23.1 Å². The SMILES string of the molecule is CS(=O)(=O)C1(C(=O)NCc2ccc(F)cc2Br)CCNCC1. The normalized spacial score (nSPS) is 18.0. The highest BCUT2D eigenvalue weighted by Gasteiger charge is 2.48. The molecule has 1 aromatic carbocycles. The maximum Gasteiger partial charge on any atom is 0.241 e. The van der Waals surface area contributed by atoms with E-state index in [4.69, 9.17) is 0 Å². The van der Waals surface area contributed by atoms with Gasteiger partial charge in [0.25, 0.3) is 0 Å². The van der Waals surface area contributed by atoms with Crippen molar-refractivity contribution >= 4 is 31.7 Å².